The van der Waals surface area contributed by atoms with Gasteiger partial charge in [-0.15, -0.1) is 11.6 Å². The lowest BCUT2D eigenvalue weighted by molar-refractivity contribution is 0.0697. The highest BCUT2D eigenvalue weighted by Crippen LogP contribution is 2.25. The molecule has 1 saturated heterocycles. The number of hydrogen-bond acceptors (Lipinski definition) is 2. The summed E-state index contributed by atoms with van der Waals surface area (Å²) in [5.74, 6) is 0.408. The molecule has 2 rings (SSSR count). The van der Waals surface area contributed by atoms with Crippen molar-refractivity contribution in [3.8, 4) is 5.75 Å². The molecule has 1 unspecified atom stereocenters. The van der Waals surface area contributed by atoms with Crippen LogP contribution in [0, 0.1) is 6.92 Å². The highest BCUT2D eigenvalue weighted by Gasteiger charge is 2.27. The third kappa shape index (κ3) is 3.21. The van der Waals surface area contributed by atoms with Gasteiger partial charge in [-0.3, -0.25) is 4.79 Å². The van der Waals surface area contributed by atoms with Crippen LogP contribution in [0.15, 0.2) is 18.2 Å². The summed E-state index contributed by atoms with van der Waals surface area (Å²) in [4.78, 5) is 14.4. The minimum absolute atomic E-state index is 0.0579. The Hall–Kier alpha value is -1.22. The van der Waals surface area contributed by atoms with Gasteiger partial charge in [-0.1, -0.05) is 18.9 Å². The topological polar surface area (TPSA) is 40.5 Å². The molecular weight excluding hydrogens is 262 g/mol. The molecule has 0 spiro atoms. The van der Waals surface area contributed by atoms with Gasteiger partial charge in [0.05, 0.1) is 5.56 Å². The van der Waals surface area contributed by atoms with E-state index in [0.717, 1.165) is 37.8 Å². The van der Waals surface area contributed by atoms with E-state index in [4.69, 9.17) is 11.6 Å². The summed E-state index contributed by atoms with van der Waals surface area (Å²) in [5.41, 5.74) is 1.32. The van der Waals surface area contributed by atoms with E-state index in [1.54, 1.807) is 12.1 Å². The van der Waals surface area contributed by atoms with Crippen molar-refractivity contribution in [2.24, 2.45) is 0 Å². The predicted molar refractivity (Wildman–Crippen MR) is 76.9 cm³/mol. The molecule has 3 nitrogen and oxygen atoms in total. The molecule has 1 aliphatic rings. The number of phenolic OH excluding ortho intramolecular Hbond substituents is 1. The summed E-state index contributed by atoms with van der Waals surface area (Å²) in [7, 11) is 0. The van der Waals surface area contributed by atoms with Gasteiger partial charge in [-0.25, -0.2) is 0 Å². The van der Waals surface area contributed by atoms with Gasteiger partial charge in [0.25, 0.3) is 5.91 Å². The minimum atomic E-state index is -0.106. The Kier molecular flexibility index (Phi) is 4.70. The van der Waals surface area contributed by atoms with Gasteiger partial charge in [-0.2, -0.15) is 0 Å². The van der Waals surface area contributed by atoms with Crippen LogP contribution in [-0.4, -0.2) is 34.4 Å². The van der Waals surface area contributed by atoms with Crippen molar-refractivity contribution in [2.45, 2.75) is 38.6 Å². The van der Waals surface area contributed by atoms with Crippen molar-refractivity contribution >= 4 is 17.5 Å². The van der Waals surface area contributed by atoms with Gasteiger partial charge in [0.15, 0.2) is 0 Å². The molecule has 1 aromatic carbocycles. The third-order valence-corrected chi connectivity index (χ3v) is 4.06. The van der Waals surface area contributed by atoms with Crippen molar-refractivity contribution < 1.29 is 9.90 Å². The van der Waals surface area contributed by atoms with Crippen LogP contribution in [0.2, 0.25) is 0 Å². The van der Waals surface area contributed by atoms with E-state index in [1.807, 2.05) is 17.9 Å². The largest absolute Gasteiger partial charge is 0.507 e. The van der Waals surface area contributed by atoms with Crippen LogP contribution in [0.3, 0.4) is 0 Å². The van der Waals surface area contributed by atoms with E-state index >= 15 is 0 Å². The van der Waals surface area contributed by atoms with Gasteiger partial charge in [-0.05, 0) is 37.5 Å². The number of alkyl halides is 1. The zero-order valence-electron chi connectivity index (χ0n) is 11.2. The van der Waals surface area contributed by atoms with E-state index in [2.05, 4.69) is 0 Å². The lowest BCUT2D eigenvalue weighted by Crippen LogP contribution is -2.41. The zero-order chi connectivity index (χ0) is 13.8. The van der Waals surface area contributed by atoms with Gasteiger partial charge < -0.3 is 10.0 Å². The van der Waals surface area contributed by atoms with E-state index in [0.29, 0.717) is 11.4 Å². The van der Waals surface area contributed by atoms with Crippen molar-refractivity contribution in [1.82, 2.24) is 4.90 Å². The number of rotatable bonds is 2. The molecule has 4 heteroatoms. The number of phenols is 1. The number of aryl methyl sites for hydroxylation is 1. The first-order chi connectivity index (χ1) is 9.13. The molecule has 1 amide bonds. The van der Waals surface area contributed by atoms with Crippen LogP contribution >= 0.6 is 11.6 Å². The zero-order valence-corrected chi connectivity index (χ0v) is 12.0. The number of halogens is 1. The maximum Gasteiger partial charge on any atom is 0.257 e. The summed E-state index contributed by atoms with van der Waals surface area (Å²) in [5, 5.41) is 9.94. The summed E-state index contributed by atoms with van der Waals surface area (Å²) < 4.78 is 0. The average molecular weight is 282 g/mol. The third-order valence-electron chi connectivity index (χ3n) is 3.70. The molecule has 0 aliphatic carbocycles. The van der Waals surface area contributed by atoms with Gasteiger partial charge in [0.2, 0.25) is 0 Å². The van der Waals surface area contributed by atoms with Gasteiger partial charge in [0.1, 0.15) is 5.75 Å². The molecule has 1 aliphatic heterocycles. The molecule has 1 heterocycles. The van der Waals surface area contributed by atoms with E-state index in [-0.39, 0.29) is 17.7 Å². The number of carbonyl (C=O) groups is 1. The highest BCUT2D eigenvalue weighted by atomic mass is 35.5. The first-order valence-electron chi connectivity index (χ1n) is 6.80. The van der Waals surface area contributed by atoms with Crippen LogP contribution in [0.25, 0.3) is 0 Å². The predicted octanol–water partition coefficient (Wildman–Crippen LogP) is 3.32. The molecule has 104 valence electrons. The Labute approximate surface area is 119 Å². The van der Waals surface area contributed by atoms with Crippen LogP contribution in [0.4, 0.5) is 0 Å². The number of carbonyl (C=O) groups excluding carboxylic acids is 1. The number of benzene rings is 1. The Morgan fingerprint density at radius 2 is 2.21 bits per heavy atom. The number of amides is 1. The molecule has 0 bridgehead atoms. The van der Waals surface area contributed by atoms with Crippen molar-refractivity contribution in [3.05, 3.63) is 29.3 Å². The normalized spacial score (nSPS) is 20.1. The number of aromatic hydroxyl groups is 1. The van der Waals surface area contributed by atoms with Crippen LogP contribution in [-0.2, 0) is 0 Å². The number of nitrogens with zero attached hydrogens (tertiary/aromatic N) is 1. The van der Waals surface area contributed by atoms with E-state index in [9.17, 15) is 9.90 Å². The molecule has 19 heavy (non-hydrogen) atoms. The first kappa shape index (κ1) is 14.2. The van der Waals surface area contributed by atoms with Crippen molar-refractivity contribution in [1.29, 1.82) is 0 Å². The Balaban J connectivity index is 2.25. The summed E-state index contributed by atoms with van der Waals surface area (Å²) in [6.45, 7) is 2.62. The quantitative estimate of drug-likeness (QED) is 0.845. The Bertz CT molecular complexity index is 461. The summed E-state index contributed by atoms with van der Waals surface area (Å²) >= 11 is 5.99. The highest BCUT2D eigenvalue weighted by molar-refractivity contribution is 6.18. The Morgan fingerprint density at radius 3 is 2.89 bits per heavy atom. The van der Waals surface area contributed by atoms with E-state index < -0.39 is 0 Å². The summed E-state index contributed by atoms with van der Waals surface area (Å²) in [6, 6.07) is 5.25. The van der Waals surface area contributed by atoms with Crippen molar-refractivity contribution in [2.75, 3.05) is 12.4 Å². The fraction of sp³-hybridized carbons (Fsp3) is 0.533. The second kappa shape index (κ2) is 6.29. The standard InChI is InChI=1S/C15H20ClNO2/c1-11-6-7-13(14(18)9-11)15(19)17-8-4-2-3-5-12(17)10-16/h6-7,9,12,18H,2-5,8,10H2,1H3. The lowest BCUT2D eigenvalue weighted by Gasteiger charge is -2.29. The van der Waals surface area contributed by atoms with Gasteiger partial charge >= 0.3 is 0 Å². The fourth-order valence-corrected chi connectivity index (χ4v) is 2.90. The van der Waals surface area contributed by atoms with Crippen LogP contribution < -0.4 is 0 Å². The molecule has 0 aromatic heterocycles. The second-order valence-electron chi connectivity index (χ2n) is 5.18. The molecule has 1 fully saturated rings. The summed E-state index contributed by atoms with van der Waals surface area (Å²) in [6.07, 6.45) is 4.20. The van der Waals surface area contributed by atoms with Crippen LogP contribution in [0.5, 0.6) is 5.75 Å². The molecule has 0 saturated carbocycles. The molecule has 1 aromatic rings. The fourth-order valence-electron chi connectivity index (χ4n) is 2.58. The monoisotopic (exact) mass is 281 g/mol. The molecular formula is C15H20ClNO2. The van der Waals surface area contributed by atoms with Gasteiger partial charge in [0, 0.05) is 18.5 Å². The second-order valence-corrected chi connectivity index (χ2v) is 5.49. The minimum Gasteiger partial charge on any atom is -0.507 e. The van der Waals surface area contributed by atoms with Crippen molar-refractivity contribution in [3.63, 3.8) is 0 Å². The maximum absolute atomic E-state index is 12.6. The first-order valence-corrected chi connectivity index (χ1v) is 7.33. The molecule has 1 N–H and O–H groups in total. The lowest BCUT2D eigenvalue weighted by atomic mass is 10.1. The van der Waals surface area contributed by atoms with E-state index in [1.165, 1.54) is 0 Å². The molecule has 1 atom stereocenters. The number of likely N-dealkylation sites (tertiary alicyclic amines) is 1. The average Bonchev–Trinajstić information content (AvgIpc) is 2.63. The maximum atomic E-state index is 12.6. The molecule has 0 radical (unpaired) electrons. The van der Waals surface area contributed by atoms with Crippen LogP contribution in [0.1, 0.15) is 41.6 Å². The Morgan fingerprint density at radius 1 is 1.42 bits per heavy atom. The SMILES string of the molecule is Cc1ccc(C(=O)N2CCCCCC2CCl)c(O)c1. The number of hydrogen-bond donors (Lipinski definition) is 1. The smallest absolute Gasteiger partial charge is 0.257 e.